The molecule has 2 amide bonds. The Morgan fingerprint density at radius 3 is 2.43 bits per heavy atom. The van der Waals surface area contributed by atoms with E-state index >= 15 is 0 Å². The molecule has 2 heterocycles. The van der Waals surface area contributed by atoms with Crippen molar-refractivity contribution in [2.75, 3.05) is 0 Å². The summed E-state index contributed by atoms with van der Waals surface area (Å²) in [5.74, 6) is -0.210. The Hall–Kier alpha value is -2.78. The van der Waals surface area contributed by atoms with Crippen molar-refractivity contribution < 1.29 is 22.8 Å². The molecule has 3 aromatic rings. The maximum atomic E-state index is 13.2. The van der Waals surface area contributed by atoms with Gasteiger partial charge in [-0.1, -0.05) is 35.9 Å². The third kappa shape index (κ3) is 3.50. The average Bonchev–Trinajstić information content (AvgIpc) is 3.16. The van der Waals surface area contributed by atoms with Crippen LogP contribution in [0.5, 0.6) is 0 Å². The number of aromatic nitrogens is 2. The predicted molar refractivity (Wildman–Crippen MR) is 101 cm³/mol. The molecule has 1 saturated heterocycles. The topological polar surface area (TPSA) is 74.8 Å². The van der Waals surface area contributed by atoms with Crippen LogP contribution in [0.2, 0.25) is 5.02 Å². The number of nitrogens with one attached hydrogen (secondary N) is 2. The van der Waals surface area contributed by atoms with Crippen molar-refractivity contribution in [1.82, 2.24) is 15.3 Å². The number of carbonyl (C=O) groups is 2. The number of imidazole rings is 1. The van der Waals surface area contributed by atoms with Crippen molar-refractivity contribution in [2.45, 2.75) is 6.18 Å². The number of carbonyl (C=O) groups excluding carboxylic acids is 2. The van der Waals surface area contributed by atoms with Crippen molar-refractivity contribution in [2.24, 2.45) is 0 Å². The SMILES string of the molecule is O=C1NC(=O)/C(=C\c2ccc(-c3nc4c(C(F)(F)F)cc(Cl)cc4[nH]3)cc2)S1. The van der Waals surface area contributed by atoms with Gasteiger partial charge < -0.3 is 4.98 Å². The van der Waals surface area contributed by atoms with Crippen molar-refractivity contribution in [3.8, 4) is 11.4 Å². The molecular formula is C18H9ClF3N3O2S. The molecule has 1 aliphatic heterocycles. The van der Waals surface area contributed by atoms with Gasteiger partial charge in [-0.25, -0.2) is 4.98 Å². The van der Waals surface area contributed by atoms with Gasteiger partial charge in [0.1, 0.15) is 11.3 Å². The van der Waals surface area contributed by atoms with Crippen LogP contribution in [-0.2, 0) is 11.0 Å². The largest absolute Gasteiger partial charge is 0.418 e. The number of halogens is 4. The Labute approximate surface area is 165 Å². The quantitative estimate of drug-likeness (QED) is 0.554. The van der Waals surface area contributed by atoms with Crippen LogP contribution >= 0.6 is 23.4 Å². The first-order valence-corrected chi connectivity index (χ1v) is 9.02. The number of fused-ring (bicyclic) bond motifs is 1. The van der Waals surface area contributed by atoms with Crippen LogP contribution in [-0.4, -0.2) is 21.1 Å². The Morgan fingerprint density at radius 1 is 1.11 bits per heavy atom. The summed E-state index contributed by atoms with van der Waals surface area (Å²) in [5.41, 5.74) is 0.274. The summed E-state index contributed by atoms with van der Waals surface area (Å²) in [5, 5.41) is 1.68. The van der Waals surface area contributed by atoms with Crippen LogP contribution in [0.4, 0.5) is 18.0 Å². The second kappa shape index (κ2) is 6.68. The summed E-state index contributed by atoms with van der Waals surface area (Å²) in [6, 6.07) is 8.87. The lowest BCUT2D eigenvalue weighted by molar-refractivity contribution is -0.136. The maximum Gasteiger partial charge on any atom is 0.418 e. The molecule has 1 fully saturated rings. The van der Waals surface area contributed by atoms with Gasteiger partial charge in [-0.3, -0.25) is 14.9 Å². The summed E-state index contributed by atoms with van der Waals surface area (Å²) in [4.78, 5) is 30.0. The number of nitrogens with zero attached hydrogens (tertiary/aromatic N) is 1. The smallest absolute Gasteiger partial charge is 0.338 e. The molecule has 4 rings (SSSR count). The first kappa shape index (κ1) is 18.6. The van der Waals surface area contributed by atoms with Gasteiger partial charge in [-0.05, 0) is 35.5 Å². The molecule has 0 radical (unpaired) electrons. The fourth-order valence-electron chi connectivity index (χ4n) is 2.74. The summed E-state index contributed by atoms with van der Waals surface area (Å²) >= 11 is 6.60. The Kier molecular flexibility index (Phi) is 4.43. The fourth-order valence-corrected chi connectivity index (χ4v) is 3.65. The molecule has 28 heavy (non-hydrogen) atoms. The first-order chi connectivity index (χ1) is 13.2. The lowest BCUT2D eigenvalue weighted by atomic mass is 10.1. The van der Waals surface area contributed by atoms with Gasteiger partial charge in [0.05, 0.1) is 16.0 Å². The Balaban J connectivity index is 1.70. The van der Waals surface area contributed by atoms with Gasteiger partial charge in [0.2, 0.25) is 0 Å². The van der Waals surface area contributed by atoms with Gasteiger partial charge in [0, 0.05) is 10.6 Å². The summed E-state index contributed by atoms with van der Waals surface area (Å²) < 4.78 is 39.7. The lowest BCUT2D eigenvalue weighted by Gasteiger charge is -2.07. The van der Waals surface area contributed by atoms with Crippen LogP contribution in [0, 0.1) is 0 Å². The van der Waals surface area contributed by atoms with Crippen LogP contribution in [0.3, 0.4) is 0 Å². The van der Waals surface area contributed by atoms with E-state index in [2.05, 4.69) is 15.3 Å². The molecular weight excluding hydrogens is 415 g/mol. The Bertz CT molecular complexity index is 1150. The fraction of sp³-hybridized carbons (Fsp3) is 0.0556. The highest BCUT2D eigenvalue weighted by atomic mass is 35.5. The van der Waals surface area contributed by atoms with E-state index in [1.54, 1.807) is 30.3 Å². The summed E-state index contributed by atoms with van der Waals surface area (Å²) in [6.45, 7) is 0. The monoisotopic (exact) mass is 423 g/mol. The van der Waals surface area contributed by atoms with Crippen LogP contribution < -0.4 is 5.32 Å². The number of imide groups is 1. The molecule has 0 aliphatic carbocycles. The summed E-state index contributed by atoms with van der Waals surface area (Å²) in [7, 11) is 0. The van der Waals surface area contributed by atoms with E-state index in [0.29, 0.717) is 11.1 Å². The molecule has 1 aromatic heterocycles. The molecule has 142 valence electrons. The van der Waals surface area contributed by atoms with E-state index in [1.807, 2.05) is 0 Å². The van der Waals surface area contributed by atoms with Gasteiger partial charge in [0.25, 0.3) is 11.1 Å². The molecule has 2 N–H and O–H groups in total. The average molecular weight is 424 g/mol. The molecule has 0 spiro atoms. The second-order valence-electron chi connectivity index (χ2n) is 5.91. The minimum atomic E-state index is -4.58. The minimum absolute atomic E-state index is 0.0427. The lowest BCUT2D eigenvalue weighted by Crippen LogP contribution is -2.17. The number of aromatic amines is 1. The molecule has 10 heteroatoms. The molecule has 0 saturated carbocycles. The zero-order valence-electron chi connectivity index (χ0n) is 13.7. The van der Waals surface area contributed by atoms with Crippen molar-refractivity contribution in [1.29, 1.82) is 0 Å². The first-order valence-electron chi connectivity index (χ1n) is 7.82. The zero-order valence-corrected chi connectivity index (χ0v) is 15.3. The summed E-state index contributed by atoms with van der Waals surface area (Å²) in [6.07, 6.45) is -3.03. The highest BCUT2D eigenvalue weighted by Crippen LogP contribution is 2.37. The van der Waals surface area contributed by atoms with Gasteiger partial charge in [-0.15, -0.1) is 0 Å². The van der Waals surface area contributed by atoms with E-state index in [1.165, 1.54) is 6.07 Å². The third-order valence-corrected chi connectivity index (χ3v) is 5.01. The number of benzene rings is 2. The van der Waals surface area contributed by atoms with Crippen molar-refractivity contribution >= 4 is 51.6 Å². The predicted octanol–water partition coefficient (Wildman–Crippen LogP) is 5.23. The van der Waals surface area contributed by atoms with E-state index in [0.717, 1.165) is 17.8 Å². The number of amides is 2. The zero-order chi connectivity index (χ0) is 20.1. The van der Waals surface area contributed by atoms with Crippen molar-refractivity contribution in [3.05, 3.63) is 57.5 Å². The van der Waals surface area contributed by atoms with Gasteiger partial charge in [0.15, 0.2) is 0 Å². The third-order valence-electron chi connectivity index (χ3n) is 3.98. The van der Waals surface area contributed by atoms with Crippen molar-refractivity contribution in [3.63, 3.8) is 0 Å². The van der Waals surface area contributed by atoms with E-state index < -0.39 is 22.9 Å². The normalized spacial score (nSPS) is 16.2. The standard InChI is InChI=1S/C18H9ClF3N3O2S/c19-10-6-11(18(20,21)22)14-12(7-10)23-15(24-14)9-3-1-8(2-4-9)5-13-16(26)25-17(27)28-13/h1-7H,(H,23,24)(H,25,26,27)/b13-5+. The van der Waals surface area contributed by atoms with Gasteiger partial charge in [-0.2, -0.15) is 13.2 Å². The van der Waals surface area contributed by atoms with E-state index in [4.69, 9.17) is 11.6 Å². The number of H-pyrrole nitrogens is 1. The number of thioether (sulfide) groups is 1. The molecule has 0 bridgehead atoms. The Morgan fingerprint density at radius 2 is 1.82 bits per heavy atom. The minimum Gasteiger partial charge on any atom is -0.338 e. The number of hydrogen-bond donors (Lipinski definition) is 2. The van der Waals surface area contributed by atoms with E-state index in [9.17, 15) is 22.8 Å². The van der Waals surface area contributed by atoms with Gasteiger partial charge >= 0.3 is 6.18 Å². The molecule has 0 unspecified atom stereocenters. The molecule has 1 aliphatic rings. The highest BCUT2D eigenvalue weighted by Gasteiger charge is 2.34. The molecule has 0 atom stereocenters. The maximum absolute atomic E-state index is 13.2. The molecule has 5 nitrogen and oxygen atoms in total. The number of alkyl halides is 3. The van der Waals surface area contributed by atoms with E-state index in [-0.39, 0.29) is 26.8 Å². The number of rotatable bonds is 2. The number of hydrogen-bond acceptors (Lipinski definition) is 4. The van der Waals surface area contributed by atoms with Crippen LogP contribution in [0.15, 0.2) is 41.3 Å². The van der Waals surface area contributed by atoms with Crippen LogP contribution in [0.1, 0.15) is 11.1 Å². The van der Waals surface area contributed by atoms with Crippen LogP contribution in [0.25, 0.3) is 28.5 Å². The highest BCUT2D eigenvalue weighted by molar-refractivity contribution is 8.18. The second-order valence-corrected chi connectivity index (χ2v) is 7.36. The molecule has 2 aromatic carbocycles.